The predicted octanol–water partition coefficient (Wildman–Crippen LogP) is 2.36. The highest BCUT2D eigenvalue weighted by molar-refractivity contribution is 5.94. The van der Waals surface area contributed by atoms with Gasteiger partial charge in [-0.3, -0.25) is 15.1 Å². The molecule has 0 atom stereocenters. The summed E-state index contributed by atoms with van der Waals surface area (Å²) in [6.07, 6.45) is 1.45. The molecule has 1 heterocycles. The topological polar surface area (TPSA) is 93.3 Å². The Morgan fingerprint density at radius 1 is 1.28 bits per heavy atom. The smallest absolute Gasteiger partial charge is 0.337 e. The number of carboxylic acids is 1. The number of aromatic carboxylic acids is 1. The second kappa shape index (κ2) is 4.62. The van der Waals surface area contributed by atoms with E-state index in [2.05, 4.69) is 4.98 Å². The summed E-state index contributed by atoms with van der Waals surface area (Å²) in [6.45, 7) is 0. The number of aromatic nitrogens is 1. The summed E-state index contributed by atoms with van der Waals surface area (Å²) in [7, 11) is 0. The lowest BCUT2D eigenvalue weighted by Crippen LogP contribution is -2.01. The standard InChI is InChI=1S/C12H8N2O4/c15-12(16)10-5-2-6-13-11(10)8-3-1-4-9(7-8)14(17)18/h1-7H,(H,15,16). The van der Waals surface area contributed by atoms with Crippen LogP contribution in [0.5, 0.6) is 0 Å². The third-order valence-electron chi connectivity index (χ3n) is 2.37. The van der Waals surface area contributed by atoms with Crippen molar-refractivity contribution in [3.05, 3.63) is 58.3 Å². The number of nitro groups is 1. The van der Waals surface area contributed by atoms with Crippen LogP contribution in [0.3, 0.4) is 0 Å². The SMILES string of the molecule is O=C(O)c1cccnc1-c1cccc([N+](=O)[O-])c1. The van der Waals surface area contributed by atoms with E-state index in [0.717, 1.165) is 0 Å². The van der Waals surface area contributed by atoms with E-state index in [1.54, 1.807) is 6.07 Å². The number of hydrogen-bond acceptors (Lipinski definition) is 4. The number of non-ortho nitro benzene ring substituents is 1. The van der Waals surface area contributed by atoms with Crippen LogP contribution < -0.4 is 0 Å². The van der Waals surface area contributed by atoms with E-state index < -0.39 is 10.9 Å². The zero-order valence-electron chi connectivity index (χ0n) is 9.11. The fraction of sp³-hybridized carbons (Fsp3) is 0. The molecule has 0 aliphatic rings. The molecule has 6 heteroatoms. The molecule has 1 N–H and O–H groups in total. The molecule has 2 aromatic rings. The van der Waals surface area contributed by atoms with E-state index in [-0.39, 0.29) is 16.9 Å². The lowest BCUT2D eigenvalue weighted by molar-refractivity contribution is -0.384. The first-order chi connectivity index (χ1) is 8.59. The average Bonchev–Trinajstić information content (AvgIpc) is 2.39. The van der Waals surface area contributed by atoms with Crippen molar-refractivity contribution in [2.75, 3.05) is 0 Å². The van der Waals surface area contributed by atoms with Gasteiger partial charge < -0.3 is 5.11 Å². The molecule has 18 heavy (non-hydrogen) atoms. The minimum atomic E-state index is -1.12. The molecule has 0 saturated heterocycles. The van der Waals surface area contributed by atoms with E-state index in [4.69, 9.17) is 5.11 Å². The zero-order chi connectivity index (χ0) is 13.1. The lowest BCUT2D eigenvalue weighted by atomic mass is 10.1. The Morgan fingerprint density at radius 3 is 2.72 bits per heavy atom. The first-order valence-corrected chi connectivity index (χ1v) is 5.03. The monoisotopic (exact) mass is 244 g/mol. The molecule has 0 amide bonds. The fourth-order valence-electron chi connectivity index (χ4n) is 1.57. The van der Waals surface area contributed by atoms with Gasteiger partial charge in [0.25, 0.3) is 5.69 Å². The second-order valence-electron chi connectivity index (χ2n) is 3.51. The zero-order valence-corrected chi connectivity index (χ0v) is 9.11. The molecule has 0 fully saturated rings. The van der Waals surface area contributed by atoms with Crippen molar-refractivity contribution in [3.8, 4) is 11.3 Å². The number of carbonyl (C=O) groups is 1. The molecule has 6 nitrogen and oxygen atoms in total. The maximum atomic E-state index is 11.0. The van der Waals surface area contributed by atoms with Crippen molar-refractivity contribution in [1.29, 1.82) is 0 Å². The van der Waals surface area contributed by atoms with Crippen LogP contribution in [-0.4, -0.2) is 21.0 Å². The fourth-order valence-corrected chi connectivity index (χ4v) is 1.57. The molecule has 0 radical (unpaired) electrons. The van der Waals surface area contributed by atoms with Gasteiger partial charge in [-0.15, -0.1) is 0 Å². The second-order valence-corrected chi connectivity index (χ2v) is 3.51. The van der Waals surface area contributed by atoms with E-state index >= 15 is 0 Å². The van der Waals surface area contributed by atoms with E-state index in [9.17, 15) is 14.9 Å². The van der Waals surface area contributed by atoms with Crippen LogP contribution in [-0.2, 0) is 0 Å². The minimum Gasteiger partial charge on any atom is -0.478 e. The Bertz CT molecular complexity index is 625. The van der Waals surface area contributed by atoms with Gasteiger partial charge in [-0.1, -0.05) is 12.1 Å². The maximum absolute atomic E-state index is 11.0. The number of hydrogen-bond donors (Lipinski definition) is 1. The van der Waals surface area contributed by atoms with Crippen LogP contribution in [0.25, 0.3) is 11.3 Å². The van der Waals surface area contributed by atoms with E-state index in [1.165, 1.54) is 36.5 Å². The van der Waals surface area contributed by atoms with Crippen LogP contribution in [0, 0.1) is 10.1 Å². The van der Waals surface area contributed by atoms with Gasteiger partial charge in [0, 0.05) is 23.9 Å². The highest BCUT2D eigenvalue weighted by atomic mass is 16.6. The summed E-state index contributed by atoms with van der Waals surface area (Å²) in [5.41, 5.74) is 0.531. The molecular formula is C12H8N2O4. The van der Waals surface area contributed by atoms with Gasteiger partial charge in [0.1, 0.15) is 0 Å². The van der Waals surface area contributed by atoms with Crippen molar-refractivity contribution in [1.82, 2.24) is 4.98 Å². The predicted molar refractivity (Wildman–Crippen MR) is 63.3 cm³/mol. The minimum absolute atomic E-state index is 0.0120. The first-order valence-electron chi connectivity index (χ1n) is 5.03. The Labute approximate surface area is 102 Å². The van der Waals surface area contributed by atoms with Gasteiger partial charge in [0.2, 0.25) is 0 Å². The molecule has 2 rings (SSSR count). The molecule has 1 aromatic carbocycles. The molecule has 1 aromatic heterocycles. The van der Waals surface area contributed by atoms with Gasteiger partial charge >= 0.3 is 5.97 Å². The number of rotatable bonds is 3. The third kappa shape index (κ3) is 2.17. The molecular weight excluding hydrogens is 236 g/mol. The van der Waals surface area contributed by atoms with E-state index in [1.807, 2.05) is 0 Å². The number of benzene rings is 1. The highest BCUT2D eigenvalue weighted by Gasteiger charge is 2.14. The number of nitrogens with zero attached hydrogens (tertiary/aromatic N) is 2. The highest BCUT2D eigenvalue weighted by Crippen LogP contribution is 2.24. The summed E-state index contributed by atoms with van der Waals surface area (Å²) >= 11 is 0. The summed E-state index contributed by atoms with van der Waals surface area (Å²) in [5, 5.41) is 19.7. The summed E-state index contributed by atoms with van der Waals surface area (Å²) in [5.74, 6) is -1.12. The maximum Gasteiger partial charge on any atom is 0.337 e. The van der Waals surface area contributed by atoms with Crippen LogP contribution in [0.15, 0.2) is 42.6 Å². The summed E-state index contributed by atoms with van der Waals surface area (Å²) in [6, 6.07) is 8.63. The van der Waals surface area contributed by atoms with Crippen molar-refractivity contribution < 1.29 is 14.8 Å². The molecule has 0 aliphatic carbocycles. The number of pyridine rings is 1. The largest absolute Gasteiger partial charge is 0.478 e. The van der Waals surface area contributed by atoms with Crippen LogP contribution in [0.1, 0.15) is 10.4 Å². The average molecular weight is 244 g/mol. The van der Waals surface area contributed by atoms with Crippen molar-refractivity contribution in [2.24, 2.45) is 0 Å². The van der Waals surface area contributed by atoms with Crippen LogP contribution in [0.4, 0.5) is 5.69 Å². The molecule has 0 saturated carbocycles. The lowest BCUT2D eigenvalue weighted by Gasteiger charge is -2.04. The molecule has 0 aliphatic heterocycles. The first kappa shape index (κ1) is 11.7. The molecule has 90 valence electrons. The number of carboxylic acid groups (broad SMARTS) is 1. The Hall–Kier alpha value is -2.76. The van der Waals surface area contributed by atoms with Gasteiger partial charge in [0.05, 0.1) is 16.2 Å². The quantitative estimate of drug-likeness (QED) is 0.660. The van der Waals surface area contributed by atoms with Crippen LogP contribution >= 0.6 is 0 Å². The van der Waals surface area contributed by atoms with Gasteiger partial charge in [0.15, 0.2) is 0 Å². The molecule has 0 bridgehead atoms. The van der Waals surface area contributed by atoms with E-state index in [0.29, 0.717) is 5.56 Å². The Kier molecular flexibility index (Phi) is 3.01. The van der Waals surface area contributed by atoms with Gasteiger partial charge in [-0.2, -0.15) is 0 Å². The summed E-state index contributed by atoms with van der Waals surface area (Å²) < 4.78 is 0. The van der Waals surface area contributed by atoms with Gasteiger partial charge in [-0.25, -0.2) is 4.79 Å². The normalized spacial score (nSPS) is 10.0. The van der Waals surface area contributed by atoms with Crippen molar-refractivity contribution >= 4 is 11.7 Å². The van der Waals surface area contributed by atoms with Crippen molar-refractivity contribution in [3.63, 3.8) is 0 Å². The van der Waals surface area contributed by atoms with Crippen LogP contribution in [0.2, 0.25) is 0 Å². The Balaban J connectivity index is 2.58. The van der Waals surface area contributed by atoms with Crippen molar-refractivity contribution in [2.45, 2.75) is 0 Å². The molecule has 0 spiro atoms. The Morgan fingerprint density at radius 2 is 2.06 bits per heavy atom. The summed E-state index contributed by atoms with van der Waals surface area (Å²) in [4.78, 5) is 25.1. The number of nitro benzene ring substituents is 1. The van der Waals surface area contributed by atoms with Gasteiger partial charge in [-0.05, 0) is 12.1 Å². The molecule has 0 unspecified atom stereocenters. The third-order valence-corrected chi connectivity index (χ3v) is 2.37.